The second-order valence-corrected chi connectivity index (χ2v) is 10.2. The van der Waals surface area contributed by atoms with Crippen LogP contribution in [0.2, 0.25) is 0 Å². The summed E-state index contributed by atoms with van der Waals surface area (Å²) in [7, 11) is 0. The summed E-state index contributed by atoms with van der Waals surface area (Å²) in [4.78, 5) is 16.0. The molecule has 2 saturated heterocycles. The van der Waals surface area contributed by atoms with Crippen LogP contribution in [-0.4, -0.2) is 45.4 Å². The summed E-state index contributed by atoms with van der Waals surface area (Å²) in [6.07, 6.45) is 5.13. The molecule has 4 heterocycles. The van der Waals surface area contributed by atoms with Gasteiger partial charge >= 0.3 is 0 Å². The number of thiazole rings is 1. The van der Waals surface area contributed by atoms with Crippen molar-refractivity contribution in [3.63, 3.8) is 0 Å². The highest BCUT2D eigenvalue weighted by molar-refractivity contribution is 7.09. The zero-order valence-corrected chi connectivity index (χ0v) is 20.4. The number of hydrogen-bond acceptors (Lipinski definition) is 7. The van der Waals surface area contributed by atoms with Crippen molar-refractivity contribution in [2.75, 3.05) is 18.1 Å². The van der Waals surface area contributed by atoms with Crippen LogP contribution in [0, 0.1) is 5.82 Å². The van der Waals surface area contributed by atoms with Gasteiger partial charge in [-0.05, 0) is 60.7 Å². The normalized spacial score (nSPS) is 19.6. The molecular formula is C27H27FN4O2S. The number of aliphatic hydroxyl groups is 1. The molecule has 2 unspecified atom stereocenters. The summed E-state index contributed by atoms with van der Waals surface area (Å²) >= 11 is 1.51. The first-order valence-corrected chi connectivity index (χ1v) is 13.0. The lowest BCUT2D eigenvalue weighted by Gasteiger charge is -2.36. The minimum atomic E-state index is -0.281. The molecule has 35 heavy (non-hydrogen) atoms. The second kappa shape index (κ2) is 9.26. The van der Waals surface area contributed by atoms with Gasteiger partial charge in [0.2, 0.25) is 0 Å². The van der Waals surface area contributed by atoms with E-state index in [9.17, 15) is 5.11 Å². The highest BCUT2D eigenvalue weighted by Crippen LogP contribution is 2.37. The minimum absolute atomic E-state index is 0.0767. The van der Waals surface area contributed by atoms with E-state index in [4.69, 9.17) is 4.74 Å². The Morgan fingerprint density at radius 2 is 1.94 bits per heavy atom. The maximum Gasteiger partial charge on any atom is 0.132 e. The fraction of sp³-hybridized carbons (Fsp3) is 0.370. The molecule has 0 radical (unpaired) electrons. The number of rotatable bonds is 6. The average molecular weight is 491 g/mol. The average Bonchev–Trinajstić information content (AvgIpc) is 3.44. The molecule has 0 aliphatic carbocycles. The van der Waals surface area contributed by atoms with Crippen molar-refractivity contribution in [1.29, 1.82) is 0 Å². The van der Waals surface area contributed by atoms with Crippen LogP contribution in [-0.2, 0) is 24.2 Å². The molecule has 2 aliphatic rings. The van der Waals surface area contributed by atoms with Gasteiger partial charge in [-0.2, -0.15) is 0 Å². The molecule has 4 aromatic rings. The molecule has 8 heteroatoms. The number of ether oxygens (including phenoxy) is 1. The SMILES string of the molecule is CCc1cc(F)c(-c2ncnc3cc(N4C5CCC4COC5)ccc23)cc1Cc1nc(CO)cs1. The fourth-order valence-electron chi connectivity index (χ4n) is 5.47. The number of aliphatic hydroxyl groups excluding tert-OH is 1. The van der Waals surface area contributed by atoms with Crippen LogP contribution in [0.4, 0.5) is 10.1 Å². The van der Waals surface area contributed by atoms with Gasteiger partial charge in [0.25, 0.3) is 0 Å². The molecule has 2 fully saturated rings. The number of nitrogens with zero attached hydrogens (tertiary/aromatic N) is 4. The Balaban J connectivity index is 1.40. The van der Waals surface area contributed by atoms with Gasteiger partial charge in [-0.15, -0.1) is 11.3 Å². The Morgan fingerprint density at radius 1 is 1.11 bits per heavy atom. The highest BCUT2D eigenvalue weighted by atomic mass is 32.1. The molecule has 0 spiro atoms. The first kappa shape index (κ1) is 22.5. The lowest BCUT2D eigenvalue weighted by molar-refractivity contribution is 0.0907. The first-order valence-electron chi connectivity index (χ1n) is 12.1. The lowest BCUT2D eigenvalue weighted by atomic mass is 9.96. The molecule has 6 rings (SSSR count). The van der Waals surface area contributed by atoms with Gasteiger partial charge in [0.1, 0.15) is 12.1 Å². The maximum atomic E-state index is 15.4. The van der Waals surface area contributed by atoms with Crippen molar-refractivity contribution in [1.82, 2.24) is 15.0 Å². The number of hydrogen-bond donors (Lipinski definition) is 1. The van der Waals surface area contributed by atoms with Gasteiger partial charge in [-0.25, -0.2) is 19.3 Å². The van der Waals surface area contributed by atoms with Crippen LogP contribution in [0.5, 0.6) is 0 Å². The van der Waals surface area contributed by atoms with Crippen molar-refractivity contribution in [2.45, 2.75) is 51.3 Å². The van der Waals surface area contributed by atoms with E-state index in [0.717, 1.165) is 65.2 Å². The van der Waals surface area contributed by atoms with Crippen molar-refractivity contribution in [2.24, 2.45) is 0 Å². The molecule has 2 aliphatic heterocycles. The molecule has 2 aromatic carbocycles. The summed E-state index contributed by atoms with van der Waals surface area (Å²) in [5, 5.41) is 13.0. The third kappa shape index (κ3) is 4.09. The predicted molar refractivity (Wildman–Crippen MR) is 135 cm³/mol. The molecule has 0 amide bonds. The van der Waals surface area contributed by atoms with Gasteiger partial charge in [0.05, 0.1) is 53.8 Å². The number of aryl methyl sites for hydroxylation is 1. The monoisotopic (exact) mass is 490 g/mol. The Labute approximate surface area is 207 Å². The van der Waals surface area contributed by atoms with Crippen molar-refractivity contribution >= 4 is 27.9 Å². The standard InChI is InChI=1S/C27H27FN4O2S/c1-2-16-8-24(28)23(7-17(16)9-26-31-18(11-33)14-35-26)27-22-6-5-19(10-25(22)29-15-30-27)32-20-3-4-21(32)13-34-12-20/h5-8,10,14-15,20-21,33H,2-4,9,11-13H2,1H3. The van der Waals surface area contributed by atoms with Gasteiger partial charge in [0.15, 0.2) is 0 Å². The molecule has 0 saturated carbocycles. The van der Waals surface area contributed by atoms with E-state index in [1.807, 2.05) is 24.4 Å². The van der Waals surface area contributed by atoms with Crippen LogP contribution < -0.4 is 4.90 Å². The van der Waals surface area contributed by atoms with Gasteiger partial charge < -0.3 is 14.7 Å². The van der Waals surface area contributed by atoms with Gasteiger partial charge in [0, 0.05) is 28.4 Å². The molecule has 2 atom stereocenters. The molecule has 1 N–H and O–H groups in total. The topological polar surface area (TPSA) is 71.4 Å². The molecule has 6 nitrogen and oxygen atoms in total. The summed E-state index contributed by atoms with van der Waals surface area (Å²) in [6, 6.07) is 10.6. The van der Waals surface area contributed by atoms with Crippen molar-refractivity contribution in [3.05, 3.63) is 69.7 Å². The summed E-state index contributed by atoms with van der Waals surface area (Å²) in [6.45, 7) is 3.48. The lowest BCUT2D eigenvalue weighted by Crippen LogP contribution is -2.45. The van der Waals surface area contributed by atoms with Crippen LogP contribution in [0.15, 0.2) is 42.0 Å². The number of halogens is 1. The fourth-order valence-corrected chi connectivity index (χ4v) is 6.28. The summed E-state index contributed by atoms with van der Waals surface area (Å²) < 4.78 is 21.1. The second-order valence-electron chi connectivity index (χ2n) is 9.28. The zero-order chi connectivity index (χ0) is 23.9. The molecule has 2 bridgehead atoms. The maximum absolute atomic E-state index is 15.4. The van der Waals surface area contributed by atoms with Crippen LogP contribution in [0.3, 0.4) is 0 Å². The molecule has 2 aromatic heterocycles. The van der Waals surface area contributed by atoms with E-state index in [1.165, 1.54) is 17.7 Å². The number of fused-ring (bicyclic) bond motifs is 3. The number of benzene rings is 2. The van der Waals surface area contributed by atoms with E-state index < -0.39 is 0 Å². The number of aromatic nitrogens is 3. The van der Waals surface area contributed by atoms with Crippen LogP contribution >= 0.6 is 11.3 Å². The Kier molecular flexibility index (Phi) is 5.96. The summed E-state index contributed by atoms with van der Waals surface area (Å²) in [5.41, 5.74) is 5.67. The van der Waals surface area contributed by atoms with E-state index in [0.29, 0.717) is 35.5 Å². The molecule has 180 valence electrons. The van der Waals surface area contributed by atoms with Gasteiger partial charge in [-0.3, -0.25) is 0 Å². The van der Waals surface area contributed by atoms with Crippen LogP contribution in [0.25, 0.3) is 22.2 Å². The van der Waals surface area contributed by atoms with E-state index >= 15 is 4.39 Å². The predicted octanol–water partition coefficient (Wildman–Crippen LogP) is 4.91. The van der Waals surface area contributed by atoms with E-state index in [2.05, 4.69) is 32.0 Å². The largest absolute Gasteiger partial charge is 0.390 e. The van der Waals surface area contributed by atoms with Crippen molar-refractivity contribution in [3.8, 4) is 11.3 Å². The van der Waals surface area contributed by atoms with Crippen molar-refractivity contribution < 1.29 is 14.2 Å². The van der Waals surface area contributed by atoms with E-state index in [-0.39, 0.29) is 12.4 Å². The third-order valence-electron chi connectivity index (χ3n) is 7.19. The Hall–Kier alpha value is -2.94. The summed E-state index contributed by atoms with van der Waals surface area (Å²) in [5.74, 6) is -0.281. The Bertz CT molecular complexity index is 1380. The highest BCUT2D eigenvalue weighted by Gasteiger charge is 2.37. The smallest absolute Gasteiger partial charge is 0.132 e. The van der Waals surface area contributed by atoms with Crippen LogP contribution in [0.1, 0.15) is 41.6 Å². The third-order valence-corrected chi connectivity index (χ3v) is 8.08. The zero-order valence-electron chi connectivity index (χ0n) is 19.6. The van der Waals surface area contributed by atoms with E-state index in [1.54, 1.807) is 6.07 Å². The Morgan fingerprint density at radius 3 is 2.69 bits per heavy atom. The molecular weight excluding hydrogens is 463 g/mol. The minimum Gasteiger partial charge on any atom is -0.390 e. The number of anilines is 1. The number of morpholine rings is 1. The quantitative estimate of drug-likeness (QED) is 0.414. The van der Waals surface area contributed by atoms with Gasteiger partial charge in [-0.1, -0.05) is 6.92 Å². The first-order chi connectivity index (χ1) is 17.1.